The SMILES string of the molecule is CCCn1c(SC(C)C(=O)Nc2ccc(N(C)C)cc2)nc2cc(Cl)ccc2c1=O. The van der Waals surface area contributed by atoms with Crippen molar-refractivity contribution < 1.29 is 4.79 Å². The minimum absolute atomic E-state index is 0.118. The van der Waals surface area contributed by atoms with Crippen molar-refractivity contribution in [3.63, 3.8) is 0 Å². The van der Waals surface area contributed by atoms with Gasteiger partial charge in [0.05, 0.1) is 16.2 Å². The van der Waals surface area contributed by atoms with E-state index in [1.807, 2.05) is 50.2 Å². The van der Waals surface area contributed by atoms with Gasteiger partial charge in [0.2, 0.25) is 5.91 Å². The quantitative estimate of drug-likeness (QED) is 0.424. The summed E-state index contributed by atoms with van der Waals surface area (Å²) < 4.78 is 1.64. The van der Waals surface area contributed by atoms with Crippen LogP contribution in [0.2, 0.25) is 5.02 Å². The number of anilines is 2. The Hall–Kier alpha value is -2.51. The van der Waals surface area contributed by atoms with Gasteiger partial charge in [-0.1, -0.05) is 30.3 Å². The van der Waals surface area contributed by atoms with Gasteiger partial charge in [0.25, 0.3) is 5.56 Å². The molecule has 1 heterocycles. The number of fused-ring (bicyclic) bond motifs is 1. The molecular formula is C22H25ClN4O2S. The van der Waals surface area contributed by atoms with Crippen LogP contribution in [0.25, 0.3) is 10.9 Å². The third-order valence-electron chi connectivity index (χ3n) is 4.63. The lowest BCUT2D eigenvalue weighted by molar-refractivity contribution is -0.115. The summed E-state index contributed by atoms with van der Waals surface area (Å²) in [5.41, 5.74) is 2.20. The summed E-state index contributed by atoms with van der Waals surface area (Å²) in [4.78, 5) is 32.3. The van der Waals surface area contributed by atoms with Crippen LogP contribution in [-0.4, -0.2) is 34.8 Å². The molecule has 30 heavy (non-hydrogen) atoms. The molecule has 0 aliphatic heterocycles. The van der Waals surface area contributed by atoms with Crippen molar-refractivity contribution in [2.75, 3.05) is 24.3 Å². The maximum absolute atomic E-state index is 12.9. The lowest BCUT2D eigenvalue weighted by atomic mass is 10.2. The number of thioether (sulfide) groups is 1. The molecule has 0 aliphatic rings. The Kier molecular flexibility index (Phi) is 7.05. The molecule has 1 atom stereocenters. The number of hydrogen-bond acceptors (Lipinski definition) is 5. The molecule has 0 radical (unpaired) electrons. The Morgan fingerprint density at radius 1 is 1.23 bits per heavy atom. The summed E-state index contributed by atoms with van der Waals surface area (Å²) in [6.45, 7) is 4.34. The van der Waals surface area contributed by atoms with E-state index in [1.165, 1.54) is 11.8 Å². The number of benzene rings is 2. The molecule has 3 aromatic rings. The zero-order valence-corrected chi connectivity index (χ0v) is 19.0. The average molecular weight is 445 g/mol. The fourth-order valence-electron chi connectivity index (χ4n) is 2.98. The van der Waals surface area contributed by atoms with E-state index in [0.29, 0.717) is 27.6 Å². The number of carbonyl (C=O) groups excluding carboxylic acids is 1. The monoisotopic (exact) mass is 444 g/mol. The molecule has 1 unspecified atom stereocenters. The van der Waals surface area contributed by atoms with E-state index in [-0.39, 0.29) is 11.5 Å². The maximum Gasteiger partial charge on any atom is 0.262 e. The van der Waals surface area contributed by atoms with Crippen molar-refractivity contribution in [1.82, 2.24) is 9.55 Å². The summed E-state index contributed by atoms with van der Waals surface area (Å²) in [6.07, 6.45) is 0.785. The van der Waals surface area contributed by atoms with Crippen molar-refractivity contribution in [2.24, 2.45) is 0 Å². The Morgan fingerprint density at radius 3 is 2.57 bits per heavy atom. The largest absolute Gasteiger partial charge is 0.378 e. The predicted molar refractivity (Wildman–Crippen MR) is 126 cm³/mol. The normalized spacial score (nSPS) is 12.0. The number of amides is 1. The van der Waals surface area contributed by atoms with Gasteiger partial charge in [0.1, 0.15) is 0 Å². The molecule has 0 aliphatic carbocycles. The molecule has 1 N–H and O–H groups in total. The zero-order valence-electron chi connectivity index (χ0n) is 17.5. The van der Waals surface area contributed by atoms with Crippen molar-refractivity contribution >= 4 is 51.5 Å². The molecule has 0 saturated heterocycles. The molecule has 2 aromatic carbocycles. The lowest BCUT2D eigenvalue weighted by Crippen LogP contribution is -2.27. The minimum Gasteiger partial charge on any atom is -0.378 e. The smallest absolute Gasteiger partial charge is 0.262 e. The van der Waals surface area contributed by atoms with Crippen LogP contribution in [-0.2, 0) is 11.3 Å². The van der Waals surface area contributed by atoms with Crippen LogP contribution in [0, 0.1) is 0 Å². The van der Waals surface area contributed by atoms with Gasteiger partial charge in [-0.15, -0.1) is 0 Å². The summed E-state index contributed by atoms with van der Waals surface area (Å²) >= 11 is 7.35. The molecule has 158 valence electrons. The second-order valence-corrected chi connectivity index (χ2v) is 8.95. The van der Waals surface area contributed by atoms with Gasteiger partial charge in [0.15, 0.2) is 5.16 Å². The molecule has 8 heteroatoms. The fourth-order valence-corrected chi connectivity index (χ4v) is 4.08. The van der Waals surface area contributed by atoms with E-state index >= 15 is 0 Å². The van der Waals surface area contributed by atoms with E-state index in [4.69, 9.17) is 11.6 Å². The first-order chi connectivity index (χ1) is 14.3. The molecule has 0 fully saturated rings. The minimum atomic E-state index is -0.440. The first kappa shape index (κ1) is 22.2. The van der Waals surface area contributed by atoms with Crippen molar-refractivity contribution in [1.29, 1.82) is 0 Å². The van der Waals surface area contributed by atoms with Gasteiger partial charge < -0.3 is 10.2 Å². The molecule has 3 rings (SSSR count). The van der Waals surface area contributed by atoms with Gasteiger partial charge in [-0.2, -0.15) is 0 Å². The van der Waals surface area contributed by atoms with Crippen LogP contribution in [0.3, 0.4) is 0 Å². The van der Waals surface area contributed by atoms with Crippen LogP contribution in [0.4, 0.5) is 11.4 Å². The Balaban J connectivity index is 1.84. The molecule has 6 nitrogen and oxygen atoms in total. The number of carbonyl (C=O) groups is 1. The van der Waals surface area contributed by atoms with E-state index in [2.05, 4.69) is 10.3 Å². The first-order valence-electron chi connectivity index (χ1n) is 9.75. The van der Waals surface area contributed by atoms with Crippen molar-refractivity contribution in [3.8, 4) is 0 Å². The Morgan fingerprint density at radius 2 is 1.93 bits per heavy atom. The van der Waals surface area contributed by atoms with Crippen LogP contribution in [0.5, 0.6) is 0 Å². The van der Waals surface area contributed by atoms with Gasteiger partial charge >= 0.3 is 0 Å². The van der Waals surface area contributed by atoms with Gasteiger partial charge in [-0.25, -0.2) is 4.98 Å². The third kappa shape index (κ3) is 4.96. The van der Waals surface area contributed by atoms with Crippen molar-refractivity contribution in [2.45, 2.75) is 37.2 Å². The first-order valence-corrected chi connectivity index (χ1v) is 11.0. The summed E-state index contributed by atoms with van der Waals surface area (Å²) in [6, 6.07) is 12.7. The van der Waals surface area contributed by atoms with Gasteiger partial charge in [-0.05, 0) is 55.8 Å². The predicted octanol–water partition coefficient (Wildman–Crippen LogP) is 4.65. The number of nitrogens with one attached hydrogen (secondary N) is 1. The molecule has 1 aromatic heterocycles. The molecule has 0 spiro atoms. The Bertz CT molecular complexity index is 1110. The van der Waals surface area contributed by atoms with Gasteiger partial charge in [-0.3, -0.25) is 14.2 Å². The van der Waals surface area contributed by atoms with Gasteiger partial charge in [0, 0.05) is 37.0 Å². The topological polar surface area (TPSA) is 67.2 Å². The lowest BCUT2D eigenvalue weighted by Gasteiger charge is -2.17. The van der Waals surface area contributed by atoms with Crippen molar-refractivity contribution in [3.05, 3.63) is 57.8 Å². The number of halogens is 1. The average Bonchev–Trinajstić information content (AvgIpc) is 2.71. The van der Waals surface area contributed by atoms with Crippen LogP contribution in [0.1, 0.15) is 20.3 Å². The summed E-state index contributed by atoms with van der Waals surface area (Å²) in [5, 5.41) is 4.04. The number of aromatic nitrogens is 2. The maximum atomic E-state index is 12.9. The highest BCUT2D eigenvalue weighted by Crippen LogP contribution is 2.25. The summed E-state index contributed by atoms with van der Waals surface area (Å²) in [5.74, 6) is -0.152. The Labute approximate surface area is 185 Å². The molecule has 0 saturated carbocycles. The third-order valence-corrected chi connectivity index (χ3v) is 5.96. The van der Waals surface area contributed by atoms with E-state index < -0.39 is 5.25 Å². The second-order valence-electron chi connectivity index (χ2n) is 7.20. The van der Waals surface area contributed by atoms with E-state index in [9.17, 15) is 9.59 Å². The number of nitrogens with zero attached hydrogens (tertiary/aromatic N) is 3. The highest BCUT2D eigenvalue weighted by atomic mass is 35.5. The van der Waals surface area contributed by atoms with E-state index in [1.54, 1.807) is 29.7 Å². The standard InChI is InChI=1S/C22H25ClN4O2S/c1-5-12-27-21(29)18-11-6-15(23)13-19(18)25-22(27)30-14(2)20(28)24-16-7-9-17(10-8-16)26(3)4/h6-11,13-14H,5,12H2,1-4H3,(H,24,28). The van der Waals surface area contributed by atoms with Crippen LogP contribution < -0.4 is 15.8 Å². The summed E-state index contributed by atoms with van der Waals surface area (Å²) in [7, 11) is 3.93. The van der Waals surface area contributed by atoms with Crippen LogP contribution >= 0.6 is 23.4 Å². The van der Waals surface area contributed by atoms with E-state index in [0.717, 1.165) is 17.8 Å². The number of hydrogen-bond donors (Lipinski definition) is 1. The van der Waals surface area contributed by atoms with Crippen LogP contribution in [0.15, 0.2) is 52.4 Å². The highest BCUT2D eigenvalue weighted by Gasteiger charge is 2.19. The zero-order chi connectivity index (χ0) is 21.8. The molecule has 0 bridgehead atoms. The number of rotatable bonds is 7. The highest BCUT2D eigenvalue weighted by molar-refractivity contribution is 8.00. The molecule has 1 amide bonds. The fraction of sp³-hybridized carbons (Fsp3) is 0.318. The second kappa shape index (κ2) is 9.53. The molecular weight excluding hydrogens is 420 g/mol.